The maximum atomic E-state index is 12.5. The zero-order chi connectivity index (χ0) is 33.7. The van der Waals surface area contributed by atoms with Gasteiger partial charge in [-0.05, 0) is 79.2 Å². The highest BCUT2D eigenvalue weighted by atomic mass is 16.5. The molecule has 0 unspecified atom stereocenters. The van der Waals surface area contributed by atoms with Gasteiger partial charge in [0, 0.05) is 6.07 Å². The number of aromatic carboxylic acids is 1. The van der Waals surface area contributed by atoms with Crippen molar-refractivity contribution in [2.45, 2.75) is 71.1 Å². The first-order chi connectivity index (χ1) is 22.9. The summed E-state index contributed by atoms with van der Waals surface area (Å²) in [5.41, 5.74) is 1.03. The second kappa shape index (κ2) is 20.8. The van der Waals surface area contributed by atoms with Crippen LogP contribution >= 0.6 is 0 Å². The first-order valence-corrected chi connectivity index (χ1v) is 16.2. The van der Waals surface area contributed by atoms with Crippen LogP contribution in [0.15, 0.2) is 103 Å². The number of aromatic hydroxyl groups is 1. The molecule has 0 aliphatic heterocycles. The van der Waals surface area contributed by atoms with Gasteiger partial charge in [-0.25, -0.2) is 14.4 Å². The van der Waals surface area contributed by atoms with Crippen LogP contribution in [0.5, 0.6) is 23.0 Å². The van der Waals surface area contributed by atoms with Crippen LogP contribution in [-0.2, 0) is 0 Å². The van der Waals surface area contributed by atoms with Crippen molar-refractivity contribution in [3.63, 3.8) is 0 Å². The number of phenols is 1. The number of esters is 2. The average Bonchev–Trinajstić information content (AvgIpc) is 3.08. The number of carbonyl (C=O) groups is 3. The zero-order valence-electron chi connectivity index (χ0n) is 26.9. The molecule has 8 heteroatoms. The van der Waals surface area contributed by atoms with Crippen LogP contribution in [0.4, 0.5) is 0 Å². The van der Waals surface area contributed by atoms with Crippen LogP contribution in [0.2, 0.25) is 0 Å². The van der Waals surface area contributed by atoms with E-state index < -0.39 is 17.9 Å². The fraction of sp³-hybridized carbons (Fsp3) is 0.308. The van der Waals surface area contributed by atoms with Gasteiger partial charge in [-0.3, -0.25) is 0 Å². The van der Waals surface area contributed by atoms with E-state index in [1.54, 1.807) is 66.7 Å². The quantitative estimate of drug-likeness (QED) is 0.0665. The lowest BCUT2D eigenvalue weighted by Gasteiger charge is -2.08. The summed E-state index contributed by atoms with van der Waals surface area (Å²) in [6.07, 6.45) is 12.8. The van der Waals surface area contributed by atoms with Gasteiger partial charge in [-0.2, -0.15) is 0 Å². The maximum absolute atomic E-state index is 12.5. The van der Waals surface area contributed by atoms with E-state index in [-0.39, 0.29) is 17.1 Å². The third kappa shape index (κ3) is 14.2. The molecule has 4 aromatic carbocycles. The summed E-state index contributed by atoms with van der Waals surface area (Å²) < 4.78 is 16.5. The number of hydrogen-bond donors (Lipinski definition) is 2. The van der Waals surface area contributed by atoms with E-state index >= 15 is 0 Å². The Morgan fingerprint density at radius 1 is 0.532 bits per heavy atom. The molecule has 0 amide bonds. The van der Waals surface area contributed by atoms with Gasteiger partial charge in [0.1, 0.15) is 23.0 Å². The Morgan fingerprint density at radius 2 is 1.04 bits per heavy atom. The molecule has 0 atom stereocenters. The van der Waals surface area contributed by atoms with E-state index in [4.69, 9.17) is 19.3 Å². The second-order valence-electron chi connectivity index (χ2n) is 11.0. The predicted octanol–water partition coefficient (Wildman–Crippen LogP) is 9.52. The van der Waals surface area contributed by atoms with E-state index in [0.717, 1.165) is 12.2 Å². The molecule has 0 fully saturated rings. The van der Waals surface area contributed by atoms with Gasteiger partial charge in [0.15, 0.2) is 0 Å². The Labute approximate surface area is 276 Å². The Morgan fingerprint density at radius 3 is 1.55 bits per heavy atom. The van der Waals surface area contributed by atoms with Crippen molar-refractivity contribution >= 4 is 17.9 Å². The minimum atomic E-state index is -0.879. The molecule has 248 valence electrons. The van der Waals surface area contributed by atoms with Gasteiger partial charge in [-0.15, -0.1) is 0 Å². The molecule has 0 saturated heterocycles. The Bertz CT molecular complexity index is 1500. The Balaban J connectivity index is 0.000000573. The van der Waals surface area contributed by atoms with Crippen molar-refractivity contribution in [2.75, 3.05) is 6.61 Å². The van der Waals surface area contributed by atoms with E-state index in [9.17, 15) is 19.5 Å². The molecule has 0 heterocycles. The minimum absolute atomic E-state index is 0.00578. The largest absolute Gasteiger partial charge is 0.508 e. The number of carbonyl (C=O) groups excluding carboxylic acids is 2. The molecule has 8 nitrogen and oxygen atoms in total. The molecule has 47 heavy (non-hydrogen) atoms. The van der Waals surface area contributed by atoms with Crippen molar-refractivity contribution in [1.29, 1.82) is 0 Å². The normalized spacial score (nSPS) is 10.3. The SMILES string of the molecule is CCCCCCCCCCCCOc1ccc(C(=O)Oc2ccc(C(=O)Oc3cccc(O)c3)cc2)cc1.O=C(O)c1ccccc1. The summed E-state index contributed by atoms with van der Waals surface area (Å²) in [6, 6.07) is 27.3. The molecule has 2 N–H and O–H groups in total. The lowest BCUT2D eigenvalue weighted by Crippen LogP contribution is -2.10. The fourth-order valence-electron chi connectivity index (χ4n) is 4.59. The van der Waals surface area contributed by atoms with E-state index in [1.807, 2.05) is 0 Å². The highest BCUT2D eigenvalue weighted by molar-refractivity contribution is 5.92. The number of phenolic OH excluding ortho intramolecular Hbond substituents is 1. The highest BCUT2D eigenvalue weighted by Gasteiger charge is 2.12. The number of hydrogen-bond acceptors (Lipinski definition) is 7. The molecule has 0 bridgehead atoms. The summed E-state index contributed by atoms with van der Waals surface area (Å²) in [7, 11) is 0. The molecule has 0 radical (unpaired) electrons. The van der Waals surface area contributed by atoms with Crippen molar-refractivity contribution in [1.82, 2.24) is 0 Å². The molecule has 0 spiro atoms. The Hall–Kier alpha value is -5.11. The summed E-state index contributed by atoms with van der Waals surface area (Å²) in [4.78, 5) is 35.0. The summed E-state index contributed by atoms with van der Waals surface area (Å²) in [5.74, 6) is -0.677. The smallest absolute Gasteiger partial charge is 0.343 e. The first kappa shape index (κ1) is 36.4. The Kier molecular flexibility index (Phi) is 16.1. The first-order valence-electron chi connectivity index (χ1n) is 16.2. The average molecular weight is 641 g/mol. The van der Waals surface area contributed by atoms with Gasteiger partial charge in [0.25, 0.3) is 0 Å². The molecular weight excluding hydrogens is 596 g/mol. The minimum Gasteiger partial charge on any atom is -0.508 e. The number of rotatable bonds is 17. The predicted molar refractivity (Wildman–Crippen MR) is 182 cm³/mol. The number of carboxylic acid groups (broad SMARTS) is 1. The third-order valence-electron chi connectivity index (χ3n) is 7.21. The van der Waals surface area contributed by atoms with Crippen LogP contribution in [0, 0.1) is 0 Å². The monoisotopic (exact) mass is 640 g/mol. The molecular formula is C39H44O8. The van der Waals surface area contributed by atoms with Gasteiger partial charge in [-0.1, -0.05) is 89.0 Å². The maximum Gasteiger partial charge on any atom is 0.343 e. The molecule has 0 aliphatic rings. The van der Waals surface area contributed by atoms with Gasteiger partial charge >= 0.3 is 17.9 Å². The molecule has 4 aromatic rings. The van der Waals surface area contributed by atoms with Crippen LogP contribution in [0.3, 0.4) is 0 Å². The lowest BCUT2D eigenvalue weighted by atomic mass is 10.1. The number of ether oxygens (including phenoxy) is 3. The van der Waals surface area contributed by atoms with Crippen LogP contribution in [0.1, 0.15) is 102 Å². The highest BCUT2D eigenvalue weighted by Crippen LogP contribution is 2.21. The van der Waals surface area contributed by atoms with Crippen molar-refractivity contribution in [3.8, 4) is 23.0 Å². The third-order valence-corrected chi connectivity index (χ3v) is 7.21. The topological polar surface area (TPSA) is 119 Å². The molecule has 0 saturated carbocycles. The van der Waals surface area contributed by atoms with Gasteiger partial charge in [0.2, 0.25) is 0 Å². The van der Waals surface area contributed by atoms with E-state index in [0.29, 0.717) is 23.5 Å². The fourth-order valence-corrected chi connectivity index (χ4v) is 4.59. The summed E-state index contributed by atoms with van der Waals surface area (Å²) in [5, 5.41) is 17.9. The van der Waals surface area contributed by atoms with Crippen molar-refractivity contribution in [2.24, 2.45) is 0 Å². The van der Waals surface area contributed by atoms with Crippen LogP contribution in [0.25, 0.3) is 0 Å². The molecule has 0 aliphatic carbocycles. The summed E-state index contributed by atoms with van der Waals surface area (Å²) in [6.45, 7) is 2.91. The molecule has 0 aromatic heterocycles. The second-order valence-corrected chi connectivity index (χ2v) is 11.0. The molecule has 4 rings (SSSR count). The van der Waals surface area contributed by atoms with Crippen molar-refractivity contribution in [3.05, 3.63) is 120 Å². The van der Waals surface area contributed by atoms with Gasteiger partial charge < -0.3 is 24.4 Å². The van der Waals surface area contributed by atoms with Crippen molar-refractivity contribution < 1.29 is 38.8 Å². The number of benzene rings is 4. The zero-order valence-corrected chi connectivity index (χ0v) is 26.9. The van der Waals surface area contributed by atoms with Crippen LogP contribution in [-0.4, -0.2) is 34.7 Å². The number of unbranched alkanes of at least 4 members (excludes halogenated alkanes) is 9. The van der Waals surface area contributed by atoms with E-state index in [1.165, 1.54) is 94.2 Å². The standard InChI is InChI=1S/C32H38O6.C7H6O2/c1-2-3-4-5-6-7-8-9-10-11-23-36-28-19-15-25(16-20-28)31(34)37-29-21-17-26(18-22-29)32(35)38-30-14-12-13-27(33)24-30;8-7(9)6-4-2-1-3-5-6/h12-22,24,33H,2-11,23H2,1H3;1-5H,(H,8,9). The lowest BCUT2D eigenvalue weighted by molar-refractivity contribution is 0.0692. The summed E-state index contributed by atoms with van der Waals surface area (Å²) >= 11 is 0. The number of carboxylic acids is 1. The van der Waals surface area contributed by atoms with Crippen LogP contribution < -0.4 is 14.2 Å². The van der Waals surface area contributed by atoms with Gasteiger partial charge in [0.05, 0.1) is 23.3 Å². The van der Waals surface area contributed by atoms with E-state index in [2.05, 4.69) is 6.92 Å².